The van der Waals surface area contributed by atoms with Gasteiger partial charge >= 0.3 is 0 Å². The first-order valence-corrected chi connectivity index (χ1v) is 6.72. The van der Waals surface area contributed by atoms with E-state index in [9.17, 15) is 0 Å². The van der Waals surface area contributed by atoms with E-state index in [2.05, 4.69) is 33.8 Å². The van der Waals surface area contributed by atoms with Gasteiger partial charge in [0.2, 0.25) is 0 Å². The molecule has 4 aliphatic rings. The molecule has 4 aliphatic carbocycles. The molecule has 2 saturated carbocycles. The van der Waals surface area contributed by atoms with Crippen LogP contribution in [0.3, 0.4) is 0 Å². The molecule has 84 valence electrons. The molecule has 0 unspecified atom stereocenters. The highest BCUT2D eigenvalue weighted by Crippen LogP contribution is 2.71. The number of rotatable bonds is 1. The van der Waals surface area contributed by atoms with Crippen LogP contribution in [0.4, 0.5) is 0 Å². The van der Waals surface area contributed by atoms with Crippen molar-refractivity contribution in [1.82, 2.24) is 0 Å². The second kappa shape index (κ2) is 2.90. The third kappa shape index (κ3) is 1.04. The largest absolute Gasteiger partial charge is 0.0850 e. The van der Waals surface area contributed by atoms with Gasteiger partial charge in [-0.15, -0.1) is 0 Å². The Bertz CT molecular complexity index is 312. The van der Waals surface area contributed by atoms with Crippen LogP contribution >= 0.6 is 0 Å². The molecule has 4 bridgehead atoms. The molecule has 0 aromatic carbocycles. The van der Waals surface area contributed by atoms with E-state index in [0.717, 1.165) is 29.6 Å². The molecule has 15 heavy (non-hydrogen) atoms. The van der Waals surface area contributed by atoms with Gasteiger partial charge in [-0.2, -0.15) is 0 Å². The molecule has 0 heterocycles. The van der Waals surface area contributed by atoms with Crippen molar-refractivity contribution in [2.45, 2.75) is 47.0 Å². The zero-order valence-corrected chi connectivity index (χ0v) is 10.6. The summed E-state index contributed by atoms with van der Waals surface area (Å²) in [7, 11) is 0. The summed E-state index contributed by atoms with van der Waals surface area (Å²) in [6.07, 6.45) is 6.90. The van der Waals surface area contributed by atoms with Crippen molar-refractivity contribution >= 4 is 0 Å². The zero-order chi connectivity index (χ0) is 10.8. The van der Waals surface area contributed by atoms with Crippen LogP contribution in [-0.2, 0) is 0 Å². The molecule has 5 atom stereocenters. The third-order valence-electron chi connectivity index (χ3n) is 5.96. The van der Waals surface area contributed by atoms with Crippen molar-refractivity contribution in [2.24, 2.45) is 35.0 Å². The van der Waals surface area contributed by atoms with Crippen molar-refractivity contribution in [3.63, 3.8) is 0 Å². The van der Waals surface area contributed by atoms with E-state index < -0.39 is 0 Å². The Balaban J connectivity index is 1.95. The molecule has 0 heteroatoms. The number of hydrogen-bond donors (Lipinski definition) is 0. The standard InChI is InChI=1S/C15H24/c1-9(2)11-7-8-15(4)12-6-5-10(3)14(15)13(11)12/h5,9,11-14H,6-8H2,1-4H3/t11-,12-,13+,14-,15+/m0/s1. The van der Waals surface area contributed by atoms with Crippen LogP contribution in [0.25, 0.3) is 0 Å². The fourth-order valence-corrected chi connectivity index (χ4v) is 5.25. The first-order chi connectivity index (χ1) is 7.05. The highest BCUT2D eigenvalue weighted by Gasteiger charge is 2.64. The fraction of sp³-hybridized carbons (Fsp3) is 0.867. The monoisotopic (exact) mass is 204 g/mol. The molecule has 0 spiro atoms. The van der Waals surface area contributed by atoms with E-state index in [0.29, 0.717) is 5.41 Å². The first kappa shape index (κ1) is 9.93. The SMILES string of the molecule is CC1=CC[C@H]2[C@H]3[C@H](C(C)C)CC[C@@]2(C)[C@@H]13. The van der Waals surface area contributed by atoms with Gasteiger partial charge in [-0.3, -0.25) is 0 Å². The second-order valence-corrected chi connectivity index (χ2v) is 6.80. The highest BCUT2D eigenvalue weighted by atomic mass is 14.7. The Hall–Kier alpha value is -0.260. The summed E-state index contributed by atoms with van der Waals surface area (Å²) in [6, 6.07) is 0. The Morgan fingerprint density at radius 1 is 1.40 bits per heavy atom. The van der Waals surface area contributed by atoms with Crippen molar-refractivity contribution in [3.8, 4) is 0 Å². The van der Waals surface area contributed by atoms with Crippen molar-refractivity contribution in [3.05, 3.63) is 11.6 Å². The van der Waals surface area contributed by atoms with Gasteiger partial charge in [-0.25, -0.2) is 0 Å². The lowest BCUT2D eigenvalue weighted by molar-refractivity contribution is -0.181. The van der Waals surface area contributed by atoms with Gasteiger partial charge in [0.05, 0.1) is 0 Å². The Morgan fingerprint density at radius 2 is 2.13 bits per heavy atom. The van der Waals surface area contributed by atoms with Crippen molar-refractivity contribution in [2.75, 3.05) is 0 Å². The van der Waals surface area contributed by atoms with E-state index in [1.165, 1.54) is 19.3 Å². The van der Waals surface area contributed by atoms with E-state index in [1.54, 1.807) is 5.57 Å². The van der Waals surface area contributed by atoms with Crippen LogP contribution in [-0.4, -0.2) is 0 Å². The van der Waals surface area contributed by atoms with Gasteiger partial charge in [0.15, 0.2) is 0 Å². The summed E-state index contributed by atoms with van der Waals surface area (Å²) >= 11 is 0. The summed E-state index contributed by atoms with van der Waals surface area (Å²) in [5, 5.41) is 0. The van der Waals surface area contributed by atoms with Gasteiger partial charge < -0.3 is 0 Å². The molecule has 0 aromatic heterocycles. The molecule has 0 saturated heterocycles. The fourth-order valence-electron chi connectivity index (χ4n) is 5.25. The molecule has 0 aliphatic heterocycles. The minimum Gasteiger partial charge on any atom is -0.0850 e. The Labute approximate surface area is 94.1 Å². The maximum atomic E-state index is 2.56. The lowest BCUT2D eigenvalue weighted by atomic mass is 9.34. The predicted octanol–water partition coefficient (Wildman–Crippen LogP) is 4.27. The number of hydrogen-bond acceptors (Lipinski definition) is 0. The minimum atomic E-state index is 0.703. The molecule has 0 amide bonds. The van der Waals surface area contributed by atoms with Gasteiger partial charge in [0.1, 0.15) is 0 Å². The zero-order valence-electron chi connectivity index (χ0n) is 10.6. The third-order valence-corrected chi connectivity index (χ3v) is 5.96. The van der Waals surface area contributed by atoms with E-state index in [1.807, 2.05) is 0 Å². The van der Waals surface area contributed by atoms with E-state index in [-0.39, 0.29) is 0 Å². The van der Waals surface area contributed by atoms with Crippen LogP contribution in [0.15, 0.2) is 11.6 Å². The van der Waals surface area contributed by atoms with Crippen LogP contribution < -0.4 is 0 Å². The maximum Gasteiger partial charge on any atom is -0.0115 e. The molecular formula is C15H24. The van der Waals surface area contributed by atoms with Gasteiger partial charge in [-0.1, -0.05) is 32.4 Å². The average molecular weight is 204 g/mol. The van der Waals surface area contributed by atoms with Crippen LogP contribution in [0.1, 0.15) is 47.0 Å². The smallest absolute Gasteiger partial charge is 0.0115 e. The topological polar surface area (TPSA) is 0 Å². The molecule has 0 radical (unpaired) electrons. The lowest BCUT2D eigenvalue weighted by Gasteiger charge is -2.70. The van der Waals surface area contributed by atoms with E-state index in [4.69, 9.17) is 0 Å². The minimum absolute atomic E-state index is 0.703. The maximum absolute atomic E-state index is 2.56. The van der Waals surface area contributed by atoms with Crippen molar-refractivity contribution in [1.29, 1.82) is 0 Å². The Morgan fingerprint density at radius 3 is 2.73 bits per heavy atom. The summed E-state index contributed by atoms with van der Waals surface area (Å²) in [6.45, 7) is 9.81. The van der Waals surface area contributed by atoms with Crippen LogP contribution in [0.5, 0.6) is 0 Å². The van der Waals surface area contributed by atoms with Gasteiger partial charge in [0.25, 0.3) is 0 Å². The molecule has 0 aromatic rings. The molecule has 0 nitrogen and oxygen atoms in total. The second-order valence-electron chi connectivity index (χ2n) is 6.80. The molecule has 0 N–H and O–H groups in total. The van der Waals surface area contributed by atoms with Gasteiger partial charge in [-0.05, 0) is 61.2 Å². The molecule has 2 fully saturated rings. The summed E-state index contributed by atoms with van der Waals surface area (Å²) in [5.41, 5.74) is 2.42. The van der Waals surface area contributed by atoms with Gasteiger partial charge in [0, 0.05) is 0 Å². The molecular weight excluding hydrogens is 180 g/mol. The van der Waals surface area contributed by atoms with Crippen molar-refractivity contribution < 1.29 is 0 Å². The summed E-state index contributed by atoms with van der Waals surface area (Å²) in [4.78, 5) is 0. The predicted molar refractivity (Wildman–Crippen MR) is 64.5 cm³/mol. The summed E-state index contributed by atoms with van der Waals surface area (Å²) < 4.78 is 0. The quantitative estimate of drug-likeness (QED) is 0.559. The normalized spacial score (nSPS) is 52.5. The Kier molecular flexibility index (Phi) is 1.92. The average Bonchev–Trinajstić information content (AvgIpc) is 2.17. The number of allylic oxidation sites excluding steroid dienone is 2. The highest BCUT2D eigenvalue weighted by molar-refractivity contribution is 5.28. The first-order valence-electron chi connectivity index (χ1n) is 6.72. The lowest BCUT2D eigenvalue weighted by Crippen LogP contribution is -2.63. The molecule has 4 rings (SSSR count). The van der Waals surface area contributed by atoms with Crippen LogP contribution in [0.2, 0.25) is 0 Å². The summed E-state index contributed by atoms with van der Waals surface area (Å²) in [5.74, 6) is 4.96. The van der Waals surface area contributed by atoms with E-state index >= 15 is 0 Å². The number of fused-ring (bicyclic) bond motifs is 1. The van der Waals surface area contributed by atoms with Crippen LogP contribution in [0, 0.1) is 35.0 Å².